The van der Waals surface area contributed by atoms with Gasteiger partial charge in [-0.05, 0) is 13.0 Å². The highest BCUT2D eigenvalue weighted by molar-refractivity contribution is 6.06. The van der Waals surface area contributed by atoms with Crippen molar-refractivity contribution in [1.82, 2.24) is 0 Å². The van der Waals surface area contributed by atoms with Crippen molar-refractivity contribution in [2.75, 3.05) is 25.7 Å². The molecule has 0 aliphatic carbocycles. The van der Waals surface area contributed by atoms with Crippen LogP contribution in [0.25, 0.3) is 0 Å². The van der Waals surface area contributed by atoms with Gasteiger partial charge in [-0.2, -0.15) is 0 Å². The Labute approximate surface area is 123 Å². The number of amides is 1. The molecule has 1 aromatic carbocycles. The van der Waals surface area contributed by atoms with Gasteiger partial charge in [0.15, 0.2) is 17.3 Å². The van der Waals surface area contributed by atoms with E-state index in [4.69, 9.17) is 15.9 Å². The number of hydrogen-bond acceptors (Lipinski definition) is 4. The second-order valence-electron chi connectivity index (χ2n) is 4.85. The van der Waals surface area contributed by atoms with E-state index in [0.717, 1.165) is 0 Å². The smallest absolute Gasteiger partial charge is 0.228 e. The normalized spacial score (nSPS) is 17.5. The molecular formula is C16H17NO4. The molecule has 1 saturated heterocycles. The van der Waals surface area contributed by atoms with Gasteiger partial charge in [0.25, 0.3) is 0 Å². The van der Waals surface area contributed by atoms with Crippen LogP contribution in [0.5, 0.6) is 11.5 Å². The number of carbonyl (C=O) groups is 2. The number of carbonyl (C=O) groups excluding carboxylic acids is 2. The Morgan fingerprint density at radius 1 is 1.33 bits per heavy atom. The molecule has 5 heteroatoms. The van der Waals surface area contributed by atoms with Crippen molar-refractivity contribution in [2.24, 2.45) is 5.92 Å². The van der Waals surface area contributed by atoms with Crippen LogP contribution in [-0.4, -0.2) is 32.5 Å². The largest absolute Gasteiger partial charge is 0.493 e. The van der Waals surface area contributed by atoms with Crippen molar-refractivity contribution in [1.29, 1.82) is 0 Å². The molecule has 1 unspecified atom stereocenters. The van der Waals surface area contributed by atoms with Gasteiger partial charge < -0.3 is 14.4 Å². The number of benzene rings is 1. The molecule has 0 aromatic heterocycles. The summed E-state index contributed by atoms with van der Waals surface area (Å²) in [7, 11) is 3.00. The highest BCUT2D eigenvalue weighted by Gasteiger charge is 2.32. The van der Waals surface area contributed by atoms with Crippen molar-refractivity contribution in [2.45, 2.75) is 13.3 Å². The maximum absolute atomic E-state index is 12.1. The van der Waals surface area contributed by atoms with E-state index in [1.165, 1.54) is 21.1 Å². The third kappa shape index (κ3) is 2.70. The van der Waals surface area contributed by atoms with Crippen LogP contribution in [0.3, 0.4) is 0 Å². The number of rotatable bonds is 4. The van der Waals surface area contributed by atoms with Gasteiger partial charge in [0.05, 0.1) is 19.9 Å². The van der Waals surface area contributed by atoms with Crippen LogP contribution in [0.4, 0.5) is 5.69 Å². The molecule has 1 aliphatic rings. The average Bonchev–Trinajstić information content (AvgIpc) is 2.86. The van der Waals surface area contributed by atoms with Crippen LogP contribution in [0.2, 0.25) is 0 Å². The van der Waals surface area contributed by atoms with Crippen LogP contribution < -0.4 is 14.4 Å². The SMILES string of the molecule is C#CC1CC(=O)N(c2cc(OC)c(OC)cc2C(C)=O)C1. The molecule has 0 saturated carbocycles. The van der Waals surface area contributed by atoms with E-state index in [0.29, 0.717) is 35.7 Å². The second kappa shape index (κ2) is 5.88. The fourth-order valence-electron chi connectivity index (χ4n) is 2.43. The highest BCUT2D eigenvalue weighted by atomic mass is 16.5. The number of ketones is 1. The number of ether oxygens (including phenoxy) is 2. The van der Waals surface area contributed by atoms with Gasteiger partial charge in [-0.1, -0.05) is 0 Å². The first-order chi connectivity index (χ1) is 10.0. The van der Waals surface area contributed by atoms with Crippen molar-refractivity contribution in [3.05, 3.63) is 17.7 Å². The monoisotopic (exact) mass is 287 g/mol. The summed E-state index contributed by atoms with van der Waals surface area (Å²) in [4.78, 5) is 25.5. The van der Waals surface area contributed by atoms with E-state index >= 15 is 0 Å². The molecule has 1 fully saturated rings. The lowest BCUT2D eigenvalue weighted by molar-refractivity contribution is -0.117. The number of nitrogens with zero attached hydrogens (tertiary/aromatic N) is 1. The Morgan fingerprint density at radius 3 is 2.43 bits per heavy atom. The molecule has 1 atom stereocenters. The average molecular weight is 287 g/mol. The predicted molar refractivity (Wildman–Crippen MR) is 78.8 cm³/mol. The number of methoxy groups -OCH3 is 2. The van der Waals surface area contributed by atoms with E-state index in [-0.39, 0.29) is 17.6 Å². The Balaban J connectivity index is 2.54. The molecule has 5 nitrogen and oxygen atoms in total. The minimum absolute atomic E-state index is 0.0901. The predicted octanol–water partition coefficient (Wildman–Crippen LogP) is 1.89. The van der Waals surface area contributed by atoms with Crippen molar-refractivity contribution in [3.8, 4) is 23.8 Å². The lowest BCUT2D eigenvalue weighted by Crippen LogP contribution is -2.26. The van der Waals surface area contributed by atoms with Crippen LogP contribution >= 0.6 is 0 Å². The molecule has 1 aromatic rings. The molecular weight excluding hydrogens is 270 g/mol. The minimum atomic E-state index is -0.150. The molecule has 21 heavy (non-hydrogen) atoms. The number of Topliss-reactive ketones (excluding diaryl/α,β-unsaturated/α-hetero) is 1. The molecule has 1 amide bonds. The van der Waals surface area contributed by atoms with E-state index in [1.54, 1.807) is 17.0 Å². The lowest BCUT2D eigenvalue weighted by Gasteiger charge is -2.21. The zero-order valence-electron chi connectivity index (χ0n) is 12.3. The van der Waals surface area contributed by atoms with E-state index in [2.05, 4.69) is 5.92 Å². The van der Waals surface area contributed by atoms with E-state index < -0.39 is 0 Å². The van der Waals surface area contributed by atoms with E-state index in [9.17, 15) is 9.59 Å². The van der Waals surface area contributed by atoms with Gasteiger partial charge in [0, 0.05) is 30.5 Å². The van der Waals surface area contributed by atoms with Gasteiger partial charge in [0.1, 0.15) is 0 Å². The maximum atomic E-state index is 12.1. The first-order valence-electron chi connectivity index (χ1n) is 6.55. The molecule has 1 aliphatic heterocycles. The van der Waals surface area contributed by atoms with Crippen LogP contribution in [0.1, 0.15) is 23.7 Å². The number of hydrogen-bond donors (Lipinski definition) is 0. The van der Waals surface area contributed by atoms with Crippen LogP contribution in [-0.2, 0) is 4.79 Å². The summed E-state index contributed by atoms with van der Waals surface area (Å²) in [6, 6.07) is 3.24. The summed E-state index contributed by atoms with van der Waals surface area (Å²) in [5.41, 5.74) is 0.932. The van der Waals surface area contributed by atoms with Gasteiger partial charge in [-0.15, -0.1) is 12.3 Å². The summed E-state index contributed by atoms with van der Waals surface area (Å²) < 4.78 is 10.4. The summed E-state index contributed by atoms with van der Waals surface area (Å²) in [5.74, 6) is 3.13. The van der Waals surface area contributed by atoms with Crippen LogP contribution in [0.15, 0.2) is 12.1 Å². The Hall–Kier alpha value is -2.48. The number of anilines is 1. The molecule has 110 valence electrons. The van der Waals surface area contributed by atoms with Gasteiger partial charge >= 0.3 is 0 Å². The zero-order valence-corrected chi connectivity index (χ0v) is 12.3. The summed E-state index contributed by atoms with van der Waals surface area (Å²) >= 11 is 0. The molecule has 0 N–H and O–H groups in total. The third-order valence-electron chi connectivity index (χ3n) is 3.53. The summed E-state index contributed by atoms with van der Waals surface area (Å²) in [5, 5.41) is 0. The van der Waals surface area contributed by atoms with Crippen molar-refractivity contribution < 1.29 is 19.1 Å². The summed E-state index contributed by atoms with van der Waals surface area (Å²) in [6.07, 6.45) is 5.69. The molecule has 2 rings (SSSR count). The summed E-state index contributed by atoms with van der Waals surface area (Å²) in [6.45, 7) is 1.86. The fourth-order valence-corrected chi connectivity index (χ4v) is 2.43. The van der Waals surface area contributed by atoms with Gasteiger partial charge in [-0.25, -0.2) is 0 Å². The highest BCUT2D eigenvalue weighted by Crippen LogP contribution is 2.37. The maximum Gasteiger partial charge on any atom is 0.228 e. The number of terminal acetylenes is 1. The lowest BCUT2D eigenvalue weighted by atomic mass is 10.1. The molecule has 1 heterocycles. The van der Waals surface area contributed by atoms with Crippen molar-refractivity contribution >= 4 is 17.4 Å². The van der Waals surface area contributed by atoms with E-state index in [1.807, 2.05) is 0 Å². The zero-order chi connectivity index (χ0) is 15.6. The standard InChI is InChI=1S/C16H17NO4/c1-5-11-6-16(19)17(9-11)13-8-15(21-4)14(20-3)7-12(13)10(2)18/h1,7-8,11H,6,9H2,2-4H3. The first-order valence-corrected chi connectivity index (χ1v) is 6.55. The molecule has 0 bridgehead atoms. The Morgan fingerprint density at radius 2 is 1.95 bits per heavy atom. The molecule has 0 radical (unpaired) electrons. The van der Waals surface area contributed by atoms with Crippen molar-refractivity contribution in [3.63, 3.8) is 0 Å². The fraction of sp³-hybridized carbons (Fsp3) is 0.375. The minimum Gasteiger partial charge on any atom is -0.493 e. The quantitative estimate of drug-likeness (QED) is 0.627. The van der Waals surface area contributed by atoms with Gasteiger partial charge in [-0.3, -0.25) is 9.59 Å². The first kappa shape index (κ1) is 14.9. The topological polar surface area (TPSA) is 55.8 Å². The van der Waals surface area contributed by atoms with Crippen LogP contribution in [0, 0.1) is 18.3 Å². The molecule has 0 spiro atoms. The Kier molecular flexibility index (Phi) is 4.18. The third-order valence-corrected chi connectivity index (χ3v) is 3.53. The Bertz CT molecular complexity index is 630. The van der Waals surface area contributed by atoms with Gasteiger partial charge in [0.2, 0.25) is 5.91 Å². The second-order valence-corrected chi connectivity index (χ2v) is 4.85.